The Hall–Kier alpha value is -0.880. The third kappa shape index (κ3) is 2.75. The second-order valence-corrected chi connectivity index (χ2v) is 3.66. The average molecular weight is 344 g/mol. The van der Waals surface area contributed by atoms with E-state index in [-0.39, 0.29) is 0 Å². The Morgan fingerprint density at radius 2 is 1.10 bits per heavy atom. The molecule has 0 saturated carbocycles. The highest BCUT2D eigenvalue weighted by molar-refractivity contribution is 5.09. The van der Waals surface area contributed by atoms with Crippen molar-refractivity contribution < 1.29 is 57.4 Å². The molecule has 0 rings (SSSR count). The lowest BCUT2D eigenvalue weighted by Gasteiger charge is -2.38. The molecular weight excluding hydrogens is 340 g/mol. The first-order valence-electron chi connectivity index (χ1n) is 4.49. The van der Waals surface area contributed by atoms with Crippen molar-refractivity contribution in [1.29, 1.82) is 0 Å². The van der Waals surface area contributed by atoms with E-state index in [9.17, 15) is 52.7 Å². The molecule has 0 amide bonds. The van der Waals surface area contributed by atoms with Crippen LogP contribution in [0.2, 0.25) is 0 Å². The lowest BCUT2D eigenvalue weighted by atomic mass is 9.95. The average Bonchev–Trinajstić information content (AvgIpc) is 2.27. The lowest BCUT2D eigenvalue weighted by Crippen LogP contribution is -2.69. The molecule has 0 fully saturated rings. The molecule has 0 spiro atoms. The van der Waals surface area contributed by atoms with Crippen LogP contribution in [0, 0.1) is 7.11 Å². The molecule has 0 aliphatic carbocycles. The molecule has 0 aromatic heterocycles. The van der Waals surface area contributed by atoms with Gasteiger partial charge in [-0.15, -0.1) is 0 Å². The van der Waals surface area contributed by atoms with E-state index in [1.807, 2.05) is 0 Å². The highest BCUT2D eigenvalue weighted by atomic mass is 19.4. The minimum absolute atomic E-state index is 2.76. The predicted octanol–water partition coefficient (Wildman–Crippen LogP) is 4.11. The molecule has 0 saturated heterocycles. The van der Waals surface area contributed by atoms with Crippen LogP contribution >= 0.6 is 0 Å². The standard InChI is InChI=1S/C8H4F12O/c1-21-2-4(11,12)6(15,16)8(19,20)7(17,18)5(13,14)3(9)10/h1,3H,2H2. The van der Waals surface area contributed by atoms with Crippen molar-refractivity contribution in [3.05, 3.63) is 7.11 Å². The third-order valence-corrected chi connectivity index (χ3v) is 2.21. The zero-order chi connectivity index (χ0) is 17.5. The summed E-state index contributed by atoms with van der Waals surface area (Å²) in [4.78, 5) is 0. The van der Waals surface area contributed by atoms with E-state index in [2.05, 4.69) is 11.8 Å². The van der Waals surface area contributed by atoms with Crippen LogP contribution < -0.4 is 0 Å². The molecule has 0 bridgehead atoms. The SMILES string of the molecule is [CH]OCC(F)(F)C(F)(F)C(F)(F)C(F)(F)C(F)(F)C(F)F. The van der Waals surface area contributed by atoms with Crippen LogP contribution in [0.3, 0.4) is 0 Å². The molecule has 0 aromatic carbocycles. The molecule has 13 heteroatoms. The van der Waals surface area contributed by atoms with E-state index in [4.69, 9.17) is 0 Å². The third-order valence-electron chi connectivity index (χ3n) is 2.21. The molecule has 1 nitrogen and oxygen atoms in total. The fraction of sp³-hybridized carbons (Fsp3) is 0.875. The topological polar surface area (TPSA) is 9.23 Å². The zero-order valence-electron chi connectivity index (χ0n) is 9.31. The summed E-state index contributed by atoms with van der Waals surface area (Å²) >= 11 is 0. The van der Waals surface area contributed by atoms with Gasteiger partial charge in [-0.05, 0) is 0 Å². The number of hydrogen-bond donors (Lipinski definition) is 0. The smallest absolute Gasteiger partial charge is 0.366 e. The summed E-state index contributed by atoms with van der Waals surface area (Å²) in [6.07, 6.45) is -5.52. The Kier molecular flexibility index (Phi) is 5.17. The lowest BCUT2D eigenvalue weighted by molar-refractivity contribution is -0.414. The van der Waals surface area contributed by atoms with Gasteiger partial charge in [0, 0.05) is 0 Å². The molecular formula is C8H4F12O. The minimum atomic E-state index is -7.54. The minimum Gasteiger partial charge on any atom is -0.366 e. The van der Waals surface area contributed by atoms with Gasteiger partial charge < -0.3 is 4.74 Å². The van der Waals surface area contributed by atoms with Gasteiger partial charge in [-0.2, -0.15) is 43.9 Å². The normalized spacial score (nSPS) is 15.7. The molecule has 0 N–H and O–H groups in total. The van der Waals surface area contributed by atoms with Crippen molar-refractivity contribution in [2.75, 3.05) is 6.61 Å². The summed E-state index contributed by atoms with van der Waals surface area (Å²) in [6.45, 7) is -2.76. The van der Waals surface area contributed by atoms with Crippen LogP contribution in [0.4, 0.5) is 52.7 Å². The van der Waals surface area contributed by atoms with Crippen molar-refractivity contribution in [3.8, 4) is 0 Å². The van der Waals surface area contributed by atoms with Gasteiger partial charge >= 0.3 is 36.0 Å². The van der Waals surface area contributed by atoms with Crippen molar-refractivity contribution in [2.24, 2.45) is 0 Å². The predicted molar refractivity (Wildman–Crippen MR) is 41.0 cm³/mol. The maximum atomic E-state index is 12.8. The molecule has 0 heterocycles. The molecule has 0 aliphatic heterocycles. The summed E-state index contributed by atoms with van der Waals surface area (Å²) < 4.78 is 152. The van der Waals surface area contributed by atoms with Crippen molar-refractivity contribution >= 4 is 0 Å². The van der Waals surface area contributed by atoms with Crippen LogP contribution in [-0.2, 0) is 4.74 Å². The number of halogens is 12. The molecule has 2 radical (unpaired) electrons. The van der Waals surface area contributed by atoms with E-state index < -0.39 is 42.6 Å². The van der Waals surface area contributed by atoms with Gasteiger partial charge in [-0.3, -0.25) is 0 Å². The Morgan fingerprint density at radius 1 is 0.714 bits per heavy atom. The van der Waals surface area contributed by atoms with E-state index in [1.54, 1.807) is 0 Å². The highest BCUT2D eigenvalue weighted by Crippen LogP contribution is 2.58. The number of rotatable bonds is 7. The summed E-state index contributed by atoms with van der Waals surface area (Å²) in [6, 6.07) is 0. The summed E-state index contributed by atoms with van der Waals surface area (Å²) in [5.74, 6) is -35.3. The van der Waals surface area contributed by atoms with Crippen LogP contribution in [0.1, 0.15) is 0 Å². The first-order valence-corrected chi connectivity index (χ1v) is 4.49. The first-order chi connectivity index (χ1) is 9.00. The molecule has 0 unspecified atom stereocenters. The maximum absolute atomic E-state index is 12.8. The Balaban J connectivity index is 5.96. The quantitative estimate of drug-likeness (QED) is 0.632. The summed E-state index contributed by atoms with van der Waals surface area (Å²) in [5.41, 5.74) is 0. The fourth-order valence-corrected chi connectivity index (χ4v) is 0.968. The monoisotopic (exact) mass is 344 g/mol. The van der Waals surface area contributed by atoms with Gasteiger partial charge in [0.15, 0.2) is 0 Å². The summed E-state index contributed by atoms with van der Waals surface area (Å²) in [5, 5.41) is 0. The van der Waals surface area contributed by atoms with E-state index in [0.717, 1.165) is 0 Å². The van der Waals surface area contributed by atoms with Crippen molar-refractivity contribution in [3.63, 3.8) is 0 Å². The maximum Gasteiger partial charge on any atom is 0.384 e. The largest absolute Gasteiger partial charge is 0.384 e. The molecule has 126 valence electrons. The van der Waals surface area contributed by atoms with Gasteiger partial charge in [-0.25, -0.2) is 8.78 Å². The second-order valence-electron chi connectivity index (χ2n) is 3.66. The Bertz CT molecular complexity index is 362. The molecule has 0 atom stereocenters. The van der Waals surface area contributed by atoms with Gasteiger partial charge in [-0.1, -0.05) is 0 Å². The van der Waals surface area contributed by atoms with Crippen molar-refractivity contribution in [2.45, 2.75) is 36.0 Å². The number of alkyl halides is 12. The van der Waals surface area contributed by atoms with E-state index in [0.29, 0.717) is 0 Å². The van der Waals surface area contributed by atoms with E-state index >= 15 is 0 Å². The number of hydrogen-bond acceptors (Lipinski definition) is 1. The fourth-order valence-electron chi connectivity index (χ4n) is 0.968. The van der Waals surface area contributed by atoms with Crippen molar-refractivity contribution in [1.82, 2.24) is 0 Å². The molecule has 0 aromatic rings. The Morgan fingerprint density at radius 3 is 1.38 bits per heavy atom. The van der Waals surface area contributed by atoms with Crippen LogP contribution in [0.15, 0.2) is 0 Å². The number of ether oxygens (including phenoxy) is 1. The van der Waals surface area contributed by atoms with Gasteiger partial charge in [0.05, 0.1) is 0 Å². The second kappa shape index (κ2) is 5.39. The van der Waals surface area contributed by atoms with Gasteiger partial charge in [0.1, 0.15) is 13.7 Å². The van der Waals surface area contributed by atoms with Crippen LogP contribution in [-0.4, -0.2) is 42.6 Å². The van der Waals surface area contributed by atoms with Crippen LogP contribution in [0.5, 0.6) is 0 Å². The first kappa shape index (κ1) is 20.1. The van der Waals surface area contributed by atoms with Gasteiger partial charge in [0.25, 0.3) is 0 Å². The molecule has 21 heavy (non-hydrogen) atoms. The summed E-state index contributed by atoms with van der Waals surface area (Å²) in [7, 11) is 3.88. The Labute approximate surface area is 108 Å². The van der Waals surface area contributed by atoms with Crippen LogP contribution in [0.25, 0.3) is 0 Å². The molecule has 0 aliphatic rings. The van der Waals surface area contributed by atoms with E-state index in [1.165, 1.54) is 0 Å². The van der Waals surface area contributed by atoms with Gasteiger partial charge in [0.2, 0.25) is 0 Å². The zero-order valence-corrected chi connectivity index (χ0v) is 9.31. The highest BCUT2D eigenvalue weighted by Gasteiger charge is 2.87.